The zero-order valence-electron chi connectivity index (χ0n) is 42.8. The quantitative estimate of drug-likeness (QED) is 0.0858. The van der Waals surface area contributed by atoms with Gasteiger partial charge in [0.25, 0.3) is 0 Å². The molecule has 4 heterocycles. The van der Waals surface area contributed by atoms with Gasteiger partial charge in [0.1, 0.15) is 0 Å². The summed E-state index contributed by atoms with van der Waals surface area (Å²) in [4.78, 5) is 49.5. The molecule has 0 saturated carbocycles. The van der Waals surface area contributed by atoms with E-state index in [1.165, 1.54) is 0 Å². The minimum Gasteiger partial charge on any atom is -0.293 e. The molecule has 0 aliphatic rings. The zero-order chi connectivity index (χ0) is 51.5. The van der Waals surface area contributed by atoms with E-state index >= 15 is 0 Å². The predicted molar refractivity (Wildman–Crippen MR) is 309 cm³/mol. The normalized spacial score (nSPS) is 11.4. The van der Waals surface area contributed by atoms with E-state index in [0.29, 0.717) is 25.7 Å². The summed E-state index contributed by atoms with van der Waals surface area (Å²) >= 11 is 0. The maximum absolute atomic E-state index is 5.16. The zero-order valence-corrected chi connectivity index (χ0v) is 42.8. The average Bonchev–Trinajstić information content (AvgIpc) is 3.67. The van der Waals surface area contributed by atoms with Gasteiger partial charge >= 0.3 is 0 Å². The Morgan fingerprint density at radius 1 is 0.263 bits per heavy atom. The van der Waals surface area contributed by atoms with Crippen LogP contribution in [0.1, 0.15) is 50.5 Å². The molecule has 0 amide bonds. The molecule has 12 rings (SSSR count). The van der Waals surface area contributed by atoms with Gasteiger partial charge in [0.2, 0.25) is 0 Å². The minimum atomic E-state index is 0.669. The number of rotatable bonds is 16. The van der Waals surface area contributed by atoms with Gasteiger partial charge in [0, 0.05) is 105 Å². The first kappa shape index (κ1) is 47.3. The number of anilines is 12. The molecule has 370 valence electrons. The summed E-state index contributed by atoms with van der Waals surface area (Å²) in [6.07, 6.45) is 16.9. The van der Waals surface area contributed by atoms with Crippen molar-refractivity contribution in [3.63, 3.8) is 0 Å². The average molecular weight is 991 g/mol. The first-order valence-electron chi connectivity index (χ1n) is 26.0. The second kappa shape index (κ2) is 20.7. The lowest BCUT2D eigenvalue weighted by Crippen LogP contribution is -2.19. The number of para-hydroxylation sites is 4. The van der Waals surface area contributed by atoms with Crippen molar-refractivity contribution in [2.75, 3.05) is 19.6 Å². The highest BCUT2D eigenvalue weighted by Gasteiger charge is 2.32. The van der Waals surface area contributed by atoms with Crippen LogP contribution in [0.4, 0.5) is 68.8 Å². The smallest absolute Gasteiger partial charge is 0.159 e. The lowest BCUT2D eigenvalue weighted by molar-refractivity contribution is 0.978. The third-order valence-corrected chi connectivity index (χ3v) is 14.0. The van der Waals surface area contributed by atoms with Crippen LogP contribution in [0.5, 0.6) is 0 Å². The van der Waals surface area contributed by atoms with E-state index in [0.717, 1.165) is 124 Å². The highest BCUT2D eigenvalue weighted by molar-refractivity contribution is 6.33. The molecule has 0 saturated heterocycles. The van der Waals surface area contributed by atoms with Crippen LogP contribution in [0.2, 0.25) is 0 Å². The molecule has 0 aliphatic heterocycles. The molecule has 0 N–H and O–H groups in total. The highest BCUT2D eigenvalue weighted by Crippen LogP contribution is 2.55. The Morgan fingerprint density at radius 2 is 0.474 bits per heavy atom. The Morgan fingerprint density at radius 3 is 0.684 bits per heavy atom. The molecule has 8 aromatic carbocycles. The maximum Gasteiger partial charge on any atom is 0.159 e. The lowest BCUT2D eigenvalue weighted by Gasteiger charge is -2.34. The van der Waals surface area contributed by atoms with E-state index < -0.39 is 0 Å². The van der Waals surface area contributed by atoms with Gasteiger partial charge in [-0.25, -0.2) is 19.9 Å². The van der Waals surface area contributed by atoms with Gasteiger partial charge < -0.3 is 0 Å². The SMILES string of the molecule is CCc1nccnc1N(c1ccccc1)c1cc(N(c2ccccc2)c2nccnc2CC)c2ccc3c(N(c4ccccc4)c4nccnc4CC)cc(N(c4ccccc4)c4nccnc4CC)c4ccc1c2c43. The summed E-state index contributed by atoms with van der Waals surface area (Å²) in [7, 11) is 0. The lowest BCUT2D eigenvalue weighted by atomic mass is 9.89. The van der Waals surface area contributed by atoms with Gasteiger partial charge in [-0.15, -0.1) is 0 Å². The first-order chi connectivity index (χ1) is 37.6. The molecular weight excluding hydrogens is 937 g/mol. The van der Waals surface area contributed by atoms with Gasteiger partial charge in [-0.3, -0.25) is 39.5 Å². The number of hydrogen-bond acceptors (Lipinski definition) is 12. The van der Waals surface area contributed by atoms with Gasteiger partial charge in [0.05, 0.1) is 45.5 Å². The number of benzene rings is 8. The molecule has 0 atom stereocenters. The van der Waals surface area contributed by atoms with E-state index in [1.54, 1.807) is 49.6 Å². The summed E-state index contributed by atoms with van der Waals surface area (Å²) in [6.45, 7) is 8.52. The van der Waals surface area contributed by atoms with E-state index in [1.807, 2.05) is 24.3 Å². The Balaban J connectivity index is 1.32. The van der Waals surface area contributed by atoms with Crippen molar-refractivity contribution in [3.8, 4) is 0 Å². The monoisotopic (exact) mass is 990 g/mol. The molecule has 0 spiro atoms. The standard InChI is InChI=1S/C64H54N12/c1-5-51-61(69-37-33-65-51)73(43-21-13-9-14-22-43)55-41-56(74(44-23-15-10-16-24-44)62-52(6-2)66-34-38-70-62)48-31-32-50-58(76(46-27-19-12-20-28-46)64-54(8-4)68-36-40-72-64)42-57(49-30-29-47(55)59(48)60(49)50)75(45-25-17-11-18-26-45)63-53(7-3)67-35-39-71-63/h9-42H,5-8H2,1-4H3. The Kier molecular flexibility index (Phi) is 12.9. The predicted octanol–water partition coefficient (Wildman–Crippen LogP) is 15.9. The van der Waals surface area contributed by atoms with Crippen LogP contribution in [0.25, 0.3) is 32.3 Å². The van der Waals surface area contributed by atoms with E-state index in [9.17, 15) is 0 Å². The summed E-state index contributed by atoms with van der Waals surface area (Å²) in [6, 6.07) is 55.7. The number of nitrogens with zero attached hydrogens (tertiary/aromatic N) is 12. The second-order valence-electron chi connectivity index (χ2n) is 18.3. The van der Waals surface area contributed by atoms with Crippen molar-refractivity contribution >= 4 is 101 Å². The van der Waals surface area contributed by atoms with Crippen molar-refractivity contribution in [2.24, 2.45) is 0 Å². The van der Waals surface area contributed by atoms with Crippen LogP contribution >= 0.6 is 0 Å². The number of aromatic nitrogens is 8. The van der Waals surface area contributed by atoms with E-state index in [4.69, 9.17) is 39.9 Å². The number of hydrogen-bond donors (Lipinski definition) is 0. The van der Waals surface area contributed by atoms with Crippen molar-refractivity contribution in [3.05, 3.63) is 230 Å². The molecule has 12 aromatic rings. The molecule has 76 heavy (non-hydrogen) atoms. The molecule has 0 radical (unpaired) electrons. The van der Waals surface area contributed by atoms with Crippen molar-refractivity contribution in [1.29, 1.82) is 0 Å². The van der Waals surface area contributed by atoms with Crippen molar-refractivity contribution in [1.82, 2.24) is 39.9 Å². The first-order valence-corrected chi connectivity index (χ1v) is 26.0. The van der Waals surface area contributed by atoms with Crippen LogP contribution < -0.4 is 19.6 Å². The Labute approximate surface area is 442 Å². The molecular formula is C64H54N12. The minimum absolute atomic E-state index is 0.669. The Hall–Kier alpha value is -9.68. The second-order valence-corrected chi connectivity index (χ2v) is 18.3. The molecule has 0 aliphatic carbocycles. The van der Waals surface area contributed by atoms with Crippen LogP contribution in [0.15, 0.2) is 207 Å². The summed E-state index contributed by atoms with van der Waals surface area (Å²) in [5.41, 5.74) is 10.9. The van der Waals surface area contributed by atoms with Crippen LogP contribution in [0, 0.1) is 0 Å². The fraction of sp³-hybridized carbons (Fsp3) is 0.125. The molecule has 12 heteroatoms. The van der Waals surface area contributed by atoms with Gasteiger partial charge in [0.15, 0.2) is 23.3 Å². The third-order valence-electron chi connectivity index (χ3n) is 14.0. The highest BCUT2D eigenvalue weighted by atomic mass is 15.3. The fourth-order valence-electron chi connectivity index (χ4n) is 10.7. The van der Waals surface area contributed by atoms with Gasteiger partial charge in [-0.1, -0.05) is 125 Å². The molecule has 0 bridgehead atoms. The topological polar surface area (TPSA) is 116 Å². The molecule has 0 unspecified atom stereocenters. The largest absolute Gasteiger partial charge is 0.293 e. The summed E-state index contributed by atoms with van der Waals surface area (Å²) < 4.78 is 0. The van der Waals surface area contributed by atoms with Crippen molar-refractivity contribution in [2.45, 2.75) is 53.4 Å². The van der Waals surface area contributed by atoms with E-state index in [-0.39, 0.29) is 0 Å². The maximum atomic E-state index is 5.16. The molecule has 12 nitrogen and oxygen atoms in total. The van der Waals surface area contributed by atoms with Gasteiger partial charge in [-0.05, 0) is 86.3 Å². The molecule has 0 fully saturated rings. The fourth-order valence-corrected chi connectivity index (χ4v) is 10.7. The number of aryl methyl sites for hydroxylation is 4. The Bertz CT molecular complexity index is 3460. The van der Waals surface area contributed by atoms with E-state index in [2.05, 4.69) is 181 Å². The van der Waals surface area contributed by atoms with Gasteiger partial charge in [-0.2, -0.15) is 0 Å². The van der Waals surface area contributed by atoms with Crippen LogP contribution in [-0.4, -0.2) is 39.9 Å². The van der Waals surface area contributed by atoms with Crippen LogP contribution in [0.3, 0.4) is 0 Å². The van der Waals surface area contributed by atoms with Crippen LogP contribution in [-0.2, 0) is 25.7 Å². The third kappa shape index (κ3) is 8.30. The molecule has 4 aromatic heterocycles. The van der Waals surface area contributed by atoms with Crippen molar-refractivity contribution < 1.29 is 0 Å². The summed E-state index contributed by atoms with van der Waals surface area (Å²) in [5.74, 6) is 2.98. The summed E-state index contributed by atoms with van der Waals surface area (Å²) in [5, 5.41) is 6.14.